The van der Waals surface area contributed by atoms with Crippen molar-refractivity contribution < 1.29 is 0 Å². The first-order valence-electron chi connectivity index (χ1n) is 6.45. The number of hydrogen-bond donors (Lipinski definition) is 1. The number of fused-ring (bicyclic) bond motifs is 1. The molecule has 2 aromatic rings. The molecule has 1 heterocycles. The Kier molecular flexibility index (Phi) is 2.63. The average Bonchev–Trinajstić information content (AvgIpc) is 2.90. The molecule has 1 fully saturated rings. The third kappa shape index (κ3) is 1.65. The van der Waals surface area contributed by atoms with Crippen LogP contribution in [0.3, 0.4) is 0 Å². The third-order valence-corrected chi connectivity index (χ3v) is 4.03. The van der Waals surface area contributed by atoms with Gasteiger partial charge in [0.2, 0.25) is 0 Å². The van der Waals surface area contributed by atoms with Crippen LogP contribution in [0.1, 0.15) is 31.1 Å². The minimum absolute atomic E-state index is 0.549. The van der Waals surface area contributed by atoms with Gasteiger partial charge in [0.25, 0.3) is 0 Å². The maximum atomic E-state index is 5.89. The zero-order valence-electron chi connectivity index (χ0n) is 10.3. The second-order valence-corrected chi connectivity index (χ2v) is 5.01. The Labute approximate surface area is 102 Å². The maximum Gasteiger partial charge on any atom is 0.106 e. The van der Waals surface area contributed by atoms with Crippen LogP contribution in [0.15, 0.2) is 24.3 Å². The van der Waals surface area contributed by atoms with Gasteiger partial charge in [-0.2, -0.15) is 0 Å². The Morgan fingerprint density at radius 3 is 3.00 bits per heavy atom. The molecule has 0 radical (unpaired) electrons. The first-order valence-corrected chi connectivity index (χ1v) is 6.45. The average molecular weight is 229 g/mol. The van der Waals surface area contributed by atoms with E-state index in [0.29, 0.717) is 12.0 Å². The normalized spacial score (nSPS) is 24.6. The van der Waals surface area contributed by atoms with Crippen LogP contribution in [0.25, 0.3) is 11.0 Å². The molecule has 2 atom stereocenters. The van der Waals surface area contributed by atoms with Crippen LogP contribution in [0, 0.1) is 12.8 Å². The lowest BCUT2D eigenvalue weighted by molar-refractivity contribution is 0.389. The molecule has 0 bridgehead atoms. The smallest absolute Gasteiger partial charge is 0.106 e. The van der Waals surface area contributed by atoms with Crippen molar-refractivity contribution in [3.63, 3.8) is 0 Å². The number of aryl methyl sites for hydroxylation is 1. The number of nitrogens with zero attached hydrogens (tertiary/aromatic N) is 2. The molecule has 0 saturated heterocycles. The lowest BCUT2D eigenvalue weighted by Gasteiger charge is -2.21. The van der Waals surface area contributed by atoms with E-state index in [4.69, 9.17) is 5.73 Å². The molecule has 0 spiro atoms. The van der Waals surface area contributed by atoms with Crippen molar-refractivity contribution in [1.29, 1.82) is 0 Å². The van der Waals surface area contributed by atoms with Gasteiger partial charge in [0.05, 0.1) is 11.0 Å². The Hall–Kier alpha value is -1.35. The monoisotopic (exact) mass is 229 g/mol. The van der Waals surface area contributed by atoms with Gasteiger partial charge < -0.3 is 10.3 Å². The largest absolute Gasteiger partial charge is 0.330 e. The predicted octanol–water partition coefficient (Wildman–Crippen LogP) is 2.64. The van der Waals surface area contributed by atoms with E-state index in [2.05, 4.69) is 34.7 Å². The zero-order valence-corrected chi connectivity index (χ0v) is 10.3. The van der Waals surface area contributed by atoms with Crippen LogP contribution in [-0.2, 0) is 0 Å². The highest BCUT2D eigenvalue weighted by atomic mass is 15.1. The van der Waals surface area contributed by atoms with E-state index < -0.39 is 0 Å². The summed E-state index contributed by atoms with van der Waals surface area (Å²) < 4.78 is 2.40. The molecule has 1 aliphatic rings. The first-order chi connectivity index (χ1) is 8.31. The van der Waals surface area contributed by atoms with E-state index in [1.807, 2.05) is 6.07 Å². The number of rotatable bonds is 2. The van der Waals surface area contributed by atoms with Crippen LogP contribution in [0.4, 0.5) is 0 Å². The molecule has 3 rings (SSSR count). The second-order valence-electron chi connectivity index (χ2n) is 5.01. The summed E-state index contributed by atoms with van der Waals surface area (Å²) >= 11 is 0. The van der Waals surface area contributed by atoms with Gasteiger partial charge in [0, 0.05) is 6.04 Å². The van der Waals surface area contributed by atoms with E-state index in [0.717, 1.165) is 17.9 Å². The number of aromatic nitrogens is 2. The van der Waals surface area contributed by atoms with Gasteiger partial charge in [-0.25, -0.2) is 4.98 Å². The van der Waals surface area contributed by atoms with Gasteiger partial charge in [-0.3, -0.25) is 0 Å². The molecule has 17 heavy (non-hydrogen) atoms. The number of hydrogen-bond acceptors (Lipinski definition) is 2. The highest BCUT2D eigenvalue weighted by Gasteiger charge is 2.29. The second kappa shape index (κ2) is 4.15. The molecular weight excluding hydrogens is 210 g/mol. The molecule has 1 aromatic heterocycles. The van der Waals surface area contributed by atoms with Gasteiger partial charge in [-0.1, -0.05) is 18.6 Å². The number of imidazole rings is 1. The quantitative estimate of drug-likeness (QED) is 0.860. The molecule has 0 amide bonds. The Morgan fingerprint density at radius 1 is 1.35 bits per heavy atom. The fourth-order valence-electron chi connectivity index (χ4n) is 3.22. The Morgan fingerprint density at radius 2 is 2.18 bits per heavy atom. The highest BCUT2D eigenvalue weighted by Crippen LogP contribution is 2.37. The summed E-state index contributed by atoms with van der Waals surface area (Å²) in [5.74, 6) is 1.74. The van der Waals surface area contributed by atoms with Crippen molar-refractivity contribution in [1.82, 2.24) is 9.55 Å². The highest BCUT2D eigenvalue weighted by molar-refractivity contribution is 5.76. The minimum atomic E-state index is 0.549. The van der Waals surface area contributed by atoms with Crippen LogP contribution in [0.2, 0.25) is 0 Å². The fraction of sp³-hybridized carbons (Fsp3) is 0.500. The lowest BCUT2D eigenvalue weighted by Crippen LogP contribution is -2.22. The molecule has 90 valence electrons. The summed E-state index contributed by atoms with van der Waals surface area (Å²) in [4.78, 5) is 4.65. The molecule has 1 aromatic carbocycles. The summed E-state index contributed by atoms with van der Waals surface area (Å²) in [6, 6.07) is 8.94. The summed E-state index contributed by atoms with van der Waals surface area (Å²) in [5, 5.41) is 0. The molecule has 3 nitrogen and oxygen atoms in total. The van der Waals surface area contributed by atoms with Gasteiger partial charge >= 0.3 is 0 Å². The summed E-state index contributed by atoms with van der Waals surface area (Å²) in [6.45, 7) is 2.89. The molecule has 2 N–H and O–H groups in total. The third-order valence-electron chi connectivity index (χ3n) is 4.03. The lowest BCUT2D eigenvalue weighted by atomic mass is 10.0. The van der Waals surface area contributed by atoms with E-state index in [9.17, 15) is 0 Å². The molecule has 1 aliphatic carbocycles. The van der Waals surface area contributed by atoms with E-state index in [1.54, 1.807) is 0 Å². The first kappa shape index (κ1) is 10.8. The number of para-hydroxylation sites is 2. The summed E-state index contributed by atoms with van der Waals surface area (Å²) in [7, 11) is 0. The van der Waals surface area contributed by atoms with Crippen molar-refractivity contribution >= 4 is 11.0 Å². The summed E-state index contributed by atoms with van der Waals surface area (Å²) in [5.41, 5.74) is 8.25. The van der Waals surface area contributed by atoms with Crippen molar-refractivity contribution in [3.05, 3.63) is 30.1 Å². The number of nitrogens with two attached hydrogens (primary N) is 1. The Balaban J connectivity index is 2.13. The van der Waals surface area contributed by atoms with Gasteiger partial charge in [-0.15, -0.1) is 0 Å². The molecular formula is C14H19N3. The topological polar surface area (TPSA) is 43.8 Å². The zero-order chi connectivity index (χ0) is 11.8. The van der Waals surface area contributed by atoms with Crippen LogP contribution >= 0.6 is 0 Å². The van der Waals surface area contributed by atoms with Crippen molar-refractivity contribution in [2.24, 2.45) is 11.7 Å². The van der Waals surface area contributed by atoms with E-state index in [-0.39, 0.29) is 0 Å². The number of benzene rings is 1. The van der Waals surface area contributed by atoms with Gasteiger partial charge in [0.1, 0.15) is 5.82 Å². The molecule has 0 aliphatic heterocycles. The van der Waals surface area contributed by atoms with Crippen molar-refractivity contribution in [3.8, 4) is 0 Å². The van der Waals surface area contributed by atoms with Crippen molar-refractivity contribution in [2.45, 2.75) is 32.2 Å². The fourth-order valence-corrected chi connectivity index (χ4v) is 3.22. The van der Waals surface area contributed by atoms with E-state index in [1.165, 1.54) is 24.8 Å². The predicted molar refractivity (Wildman–Crippen MR) is 69.9 cm³/mol. The minimum Gasteiger partial charge on any atom is -0.330 e. The standard InChI is InChI=1S/C14H19N3/c1-10-16-12-6-2-3-7-14(12)17(10)13-8-4-5-11(13)9-15/h2-3,6-7,11,13H,4-5,8-9,15H2,1H3. The molecule has 2 unspecified atom stereocenters. The van der Waals surface area contributed by atoms with Crippen molar-refractivity contribution in [2.75, 3.05) is 6.54 Å². The SMILES string of the molecule is Cc1nc2ccccc2n1C1CCCC1CN. The van der Waals surface area contributed by atoms with Gasteiger partial charge in [0.15, 0.2) is 0 Å². The molecule has 1 saturated carbocycles. The Bertz CT molecular complexity index is 529. The van der Waals surface area contributed by atoms with Crippen LogP contribution in [-0.4, -0.2) is 16.1 Å². The maximum absolute atomic E-state index is 5.89. The van der Waals surface area contributed by atoms with Gasteiger partial charge in [-0.05, 0) is 44.4 Å². The van der Waals surface area contributed by atoms with Crippen LogP contribution < -0.4 is 5.73 Å². The molecule has 3 heteroatoms. The summed E-state index contributed by atoms with van der Waals surface area (Å²) in [6.07, 6.45) is 3.79. The van der Waals surface area contributed by atoms with Crippen LogP contribution in [0.5, 0.6) is 0 Å². The van der Waals surface area contributed by atoms with E-state index >= 15 is 0 Å².